The van der Waals surface area contributed by atoms with E-state index in [-0.39, 0.29) is 5.91 Å². The summed E-state index contributed by atoms with van der Waals surface area (Å²) in [6.45, 7) is 7.76. The first kappa shape index (κ1) is 18.1. The van der Waals surface area contributed by atoms with Crippen LogP contribution >= 0.6 is 0 Å². The molecule has 5 heteroatoms. The molecule has 0 aliphatic carbocycles. The van der Waals surface area contributed by atoms with Gasteiger partial charge in [-0.3, -0.25) is 14.5 Å². The van der Waals surface area contributed by atoms with Crippen molar-refractivity contribution in [2.75, 3.05) is 26.2 Å². The molecule has 0 radical (unpaired) electrons. The predicted molar refractivity (Wildman–Crippen MR) is 103 cm³/mol. The monoisotopic (exact) mass is 351 g/mol. The normalized spacial score (nSPS) is 15.3. The lowest BCUT2D eigenvalue weighted by molar-refractivity contribution is 0.0595. The number of carbonyl (C=O) groups is 2. The van der Waals surface area contributed by atoms with Crippen LogP contribution in [0.2, 0.25) is 0 Å². The maximum atomic E-state index is 12.7. The molecule has 0 aromatic heterocycles. The van der Waals surface area contributed by atoms with Gasteiger partial charge in [0, 0.05) is 43.3 Å². The largest absolute Gasteiger partial charge is 0.366 e. The Morgan fingerprint density at radius 3 is 1.69 bits per heavy atom. The van der Waals surface area contributed by atoms with Gasteiger partial charge < -0.3 is 10.6 Å². The third kappa shape index (κ3) is 3.94. The second-order valence-corrected chi connectivity index (χ2v) is 6.94. The highest BCUT2D eigenvalue weighted by molar-refractivity contribution is 5.95. The summed E-state index contributed by atoms with van der Waals surface area (Å²) >= 11 is 0. The third-order valence-electron chi connectivity index (χ3n) is 4.97. The maximum absolute atomic E-state index is 12.7. The van der Waals surface area contributed by atoms with Crippen LogP contribution in [0.25, 0.3) is 11.1 Å². The molecule has 0 atom stereocenters. The van der Waals surface area contributed by atoms with Gasteiger partial charge in [0.2, 0.25) is 5.91 Å². The summed E-state index contributed by atoms with van der Waals surface area (Å²) < 4.78 is 0. The molecule has 0 spiro atoms. The van der Waals surface area contributed by atoms with Crippen LogP contribution in [-0.4, -0.2) is 53.8 Å². The summed E-state index contributed by atoms with van der Waals surface area (Å²) in [7, 11) is 0. The SMILES string of the molecule is CC(C)N1CCN(C(=O)c2ccc(-c3ccc(C(N)=O)cc3)cc2)CC1. The molecular formula is C21H25N3O2. The summed E-state index contributed by atoms with van der Waals surface area (Å²) in [4.78, 5) is 28.2. The molecule has 1 aliphatic rings. The topological polar surface area (TPSA) is 66.6 Å². The lowest BCUT2D eigenvalue weighted by Gasteiger charge is -2.37. The molecule has 0 unspecified atom stereocenters. The lowest BCUT2D eigenvalue weighted by Crippen LogP contribution is -2.50. The molecule has 0 saturated carbocycles. The fourth-order valence-corrected chi connectivity index (χ4v) is 3.26. The summed E-state index contributed by atoms with van der Waals surface area (Å²) in [6.07, 6.45) is 0. The first-order valence-electron chi connectivity index (χ1n) is 8.99. The number of nitrogens with zero attached hydrogens (tertiary/aromatic N) is 2. The number of carbonyl (C=O) groups excluding carboxylic acids is 2. The zero-order valence-corrected chi connectivity index (χ0v) is 15.3. The Bertz CT molecular complexity index is 774. The van der Waals surface area contributed by atoms with Crippen molar-refractivity contribution in [2.45, 2.75) is 19.9 Å². The molecule has 2 N–H and O–H groups in total. The Labute approximate surface area is 154 Å². The van der Waals surface area contributed by atoms with Crippen LogP contribution in [0.15, 0.2) is 48.5 Å². The minimum absolute atomic E-state index is 0.0871. The molecule has 5 nitrogen and oxygen atoms in total. The molecule has 1 saturated heterocycles. The van der Waals surface area contributed by atoms with Gasteiger partial charge in [0.05, 0.1) is 0 Å². The molecule has 2 aromatic rings. The van der Waals surface area contributed by atoms with E-state index in [1.54, 1.807) is 12.1 Å². The number of hydrogen-bond acceptors (Lipinski definition) is 3. The zero-order valence-electron chi connectivity index (χ0n) is 15.3. The molecule has 2 aromatic carbocycles. The maximum Gasteiger partial charge on any atom is 0.253 e. The van der Waals surface area contributed by atoms with Crippen LogP contribution in [0.1, 0.15) is 34.6 Å². The highest BCUT2D eigenvalue weighted by Gasteiger charge is 2.23. The highest BCUT2D eigenvalue weighted by atomic mass is 16.2. The Hall–Kier alpha value is -2.66. The molecule has 1 aliphatic heterocycles. The van der Waals surface area contributed by atoms with Gasteiger partial charge in [0.25, 0.3) is 5.91 Å². The van der Waals surface area contributed by atoms with Gasteiger partial charge in [0.15, 0.2) is 0 Å². The van der Waals surface area contributed by atoms with Crippen molar-refractivity contribution in [3.05, 3.63) is 59.7 Å². The Morgan fingerprint density at radius 1 is 0.808 bits per heavy atom. The van der Waals surface area contributed by atoms with Crippen molar-refractivity contribution in [2.24, 2.45) is 5.73 Å². The first-order valence-corrected chi connectivity index (χ1v) is 8.99. The third-order valence-corrected chi connectivity index (χ3v) is 4.97. The van der Waals surface area contributed by atoms with Crippen LogP contribution in [0.5, 0.6) is 0 Å². The number of piperazine rings is 1. The quantitative estimate of drug-likeness (QED) is 0.921. The minimum atomic E-state index is -0.435. The van der Waals surface area contributed by atoms with Crippen molar-refractivity contribution < 1.29 is 9.59 Å². The van der Waals surface area contributed by atoms with Gasteiger partial charge in [0.1, 0.15) is 0 Å². The lowest BCUT2D eigenvalue weighted by atomic mass is 10.0. The standard InChI is InChI=1S/C21H25N3O2/c1-15(2)23-11-13-24(14-12-23)21(26)19-9-5-17(6-10-19)16-3-7-18(8-4-16)20(22)25/h3-10,15H,11-14H2,1-2H3,(H2,22,25). The molecule has 0 bridgehead atoms. The van der Waals surface area contributed by atoms with Crippen molar-refractivity contribution in [1.29, 1.82) is 0 Å². The Morgan fingerprint density at radius 2 is 1.27 bits per heavy atom. The summed E-state index contributed by atoms with van der Waals surface area (Å²) in [5.74, 6) is -0.348. The first-order chi connectivity index (χ1) is 12.5. The van der Waals surface area contributed by atoms with E-state index in [0.29, 0.717) is 17.2 Å². The van der Waals surface area contributed by atoms with E-state index in [0.717, 1.165) is 37.3 Å². The number of benzene rings is 2. The van der Waals surface area contributed by atoms with E-state index in [1.807, 2.05) is 41.3 Å². The van der Waals surface area contributed by atoms with Gasteiger partial charge >= 0.3 is 0 Å². The zero-order chi connectivity index (χ0) is 18.7. The van der Waals surface area contributed by atoms with E-state index >= 15 is 0 Å². The van der Waals surface area contributed by atoms with E-state index in [9.17, 15) is 9.59 Å². The van der Waals surface area contributed by atoms with Crippen LogP contribution in [0.4, 0.5) is 0 Å². The fourth-order valence-electron chi connectivity index (χ4n) is 3.26. The Kier molecular flexibility index (Phi) is 5.38. The van der Waals surface area contributed by atoms with E-state index in [1.165, 1.54) is 0 Å². The average molecular weight is 351 g/mol. The van der Waals surface area contributed by atoms with E-state index in [4.69, 9.17) is 5.73 Å². The number of hydrogen-bond donors (Lipinski definition) is 1. The second-order valence-electron chi connectivity index (χ2n) is 6.94. The molecular weight excluding hydrogens is 326 g/mol. The molecule has 1 heterocycles. The van der Waals surface area contributed by atoms with E-state index in [2.05, 4.69) is 18.7 Å². The number of amides is 2. The average Bonchev–Trinajstić information content (AvgIpc) is 2.67. The predicted octanol–water partition coefficient (Wildman–Crippen LogP) is 2.62. The van der Waals surface area contributed by atoms with Gasteiger partial charge in [-0.1, -0.05) is 24.3 Å². The number of rotatable bonds is 4. The van der Waals surface area contributed by atoms with Crippen LogP contribution in [-0.2, 0) is 0 Å². The van der Waals surface area contributed by atoms with Gasteiger partial charge in [-0.15, -0.1) is 0 Å². The van der Waals surface area contributed by atoms with Crippen LogP contribution in [0, 0.1) is 0 Å². The van der Waals surface area contributed by atoms with Crippen LogP contribution < -0.4 is 5.73 Å². The molecule has 26 heavy (non-hydrogen) atoms. The van der Waals surface area contributed by atoms with Crippen molar-refractivity contribution in [1.82, 2.24) is 9.80 Å². The van der Waals surface area contributed by atoms with Gasteiger partial charge in [-0.05, 0) is 49.2 Å². The number of nitrogens with two attached hydrogens (primary N) is 1. The molecule has 136 valence electrons. The smallest absolute Gasteiger partial charge is 0.253 e. The summed E-state index contributed by atoms with van der Waals surface area (Å²) in [6, 6.07) is 15.3. The van der Waals surface area contributed by atoms with Crippen LogP contribution in [0.3, 0.4) is 0 Å². The summed E-state index contributed by atoms with van der Waals surface area (Å²) in [5, 5.41) is 0. The second kappa shape index (κ2) is 7.70. The van der Waals surface area contributed by atoms with Crippen molar-refractivity contribution in [3.63, 3.8) is 0 Å². The van der Waals surface area contributed by atoms with Gasteiger partial charge in [-0.2, -0.15) is 0 Å². The van der Waals surface area contributed by atoms with Crippen molar-refractivity contribution >= 4 is 11.8 Å². The molecule has 3 rings (SSSR count). The van der Waals surface area contributed by atoms with Gasteiger partial charge in [-0.25, -0.2) is 0 Å². The Balaban J connectivity index is 1.67. The fraction of sp³-hybridized carbons (Fsp3) is 0.333. The molecule has 2 amide bonds. The van der Waals surface area contributed by atoms with E-state index < -0.39 is 5.91 Å². The highest BCUT2D eigenvalue weighted by Crippen LogP contribution is 2.21. The number of primary amides is 1. The van der Waals surface area contributed by atoms with Crippen molar-refractivity contribution in [3.8, 4) is 11.1 Å². The summed E-state index contributed by atoms with van der Waals surface area (Å²) in [5.41, 5.74) is 8.45. The minimum Gasteiger partial charge on any atom is -0.366 e. The molecule has 1 fully saturated rings.